The predicted octanol–water partition coefficient (Wildman–Crippen LogP) is 4.82. The fourth-order valence-corrected chi connectivity index (χ4v) is 8.20. The highest BCUT2D eigenvalue weighted by molar-refractivity contribution is 6.66. The van der Waals surface area contributed by atoms with Crippen molar-refractivity contribution in [2.24, 2.45) is 0 Å². The fourth-order valence-electron chi connectivity index (χ4n) is 3.30. The van der Waals surface area contributed by atoms with Crippen LogP contribution in [-0.4, -0.2) is 56.6 Å². The fraction of sp³-hybridized carbons (Fsp3) is 1.00. The van der Waals surface area contributed by atoms with Crippen molar-refractivity contribution in [2.45, 2.75) is 85.0 Å². The molecule has 0 fully saturated rings. The standard InChI is InChI=1S/C19H45NO4Si2/c1-7-21-25(5,22-8-2)18-14-12-11-13-16-20-17-15-19-26(6,23-9-3)24-10-4/h20H,7-19H2,1-6H3. The first-order chi connectivity index (χ1) is 12.4. The van der Waals surface area contributed by atoms with E-state index in [1.807, 2.05) is 0 Å². The van der Waals surface area contributed by atoms with Crippen molar-refractivity contribution in [1.29, 1.82) is 0 Å². The van der Waals surface area contributed by atoms with Gasteiger partial charge in [-0.2, -0.15) is 0 Å². The van der Waals surface area contributed by atoms with E-state index in [1.54, 1.807) is 0 Å². The van der Waals surface area contributed by atoms with E-state index >= 15 is 0 Å². The quantitative estimate of drug-likeness (QED) is 0.246. The summed E-state index contributed by atoms with van der Waals surface area (Å²) in [4.78, 5) is 0. The van der Waals surface area contributed by atoms with Gasteiger partial charge in [-0.15, -0.1) is 0 Å². The molecule has 0 aromatic rings. The van der Waals surface area contributed by atoms with Crippen LogP contribution in [0, 0.1) is 0 Å². The van der Waals surface area contributed by atoms with Crippen molar-refractivity contribution in [3.63, 3.8) is 0 Å². The molecule has 7 heteroatoms. The van der Waals surface area contributed by atoms with Crippen LogP contribution in [0.15, 0.2) is 0 Å². The number of nitrogens with one attached hydrogen (secondary N) is 1. The zero-order chi connectivity index (χ0) is 19.7. The molecule has 0 heterocycles. The summed E-state index contributed by atoms with van der Waals surface area (Å²) >= 11 is 0. The molecule has 26 heavy (non-hydrogen) atoms. The van der Waals surface area contributed by atoms with Crippen LogP contribution >= 0.6 is 0 Å². The van der Waals surface area contributed by atoms with Gasteiger partial charge in [-0.1, -0.05) is 19.3 Å². The summed E-state index contributed by atoms with van der Waals surface area (Å²) in [6.45, 7) is 17.8. The van der Waals surface area contributed by atoms with E-state index in [9.17, 15) is 0 Å². The number of hydrogen-bond donors (Lipinski definition) is 1. The monoisotopic (exact) mass is 407 g/mol. The third-order valence-electron chi connectivity index (χ3n) is 4.52. The molecular weight excluding hydrogens is 362 g/mol. The van der Waals surface area contributed by atoms with Crippen LogP contribution in [0.3, 0.4) is 0 Å². The summed E-state index contributed by atoms with van der Waals surface area (Å²) in [6, 6.07) is 2.18. The summed E-state index contributed by atoms with van der Waals surface area (Å²) < 4.78 is 23.5. The van der Waals surface area contributed by atoms with Gasteiger partial charge in [-0.3, -0.25) is 0 Å². The van der Waals surface area contributed by atoms with Gasteiger partial charge in [0.2, 0.25) is 0 Å². The van der Waals surface area contributed by atoms with Gasteiger partial charge in [-0.05, 0) is 78.8 Å². The average molecular weight is 408 g/mol. The van der Waals surface area contributed by atoms with Crippen LogP contribution < -0.4 is 5.32 Å². The molecule has 0 amide bonds. The number of unbranched alkanes of at least 4 members (excludes halogenated alkanes) is 3. The van der Waals surface area contributed by atoms with Gasteiger partial charge in [0.05, 0.1) is 0 Å². The molecule has 0 spiro atoms. The van der Waals surface area contributed by atoms with Crippen molar-refractivity contribution in [1.82, 2.24) is 5.32 Å². The van der Waals surface area contributed by atoms with Crippen LogP contribution in [0.4, 0.5) is 0 Å². The maximum atomic E-state index is 5.89. The second kappa shape index (κ2) is 16.2. The lowest BCUT2D eigenvalue weighted by Crippen LogP contribution is -2.39. The molecule has 0 saturated heterocycles. The summed E-state index contributed by atoms with van der Waals surface area (Å²) in [5.41, 5.74) is 0. The molecule has 0 aromatic carbocycles. The highest BCUT2D eigenvalue weighted by atomic mass is 28.4. The molecular formula is C19H45NO4Si2. The Hall–Kier alpha value is 0.234. The predicted molar refractivity (Wildman–Crippen MR) is 115 cm³/mol. The Morgan fingerprint density at radius 2 is 0.923 bits per heavy atom. The second-order valence-corrected chi connectivity index (χ2v) is 13.7. The van der Waals surface area contributed by atoms with Crippen molar-refractivity contribution in [3.05, 3.63) is 0 Å². The van der Waals surface area contributed by atoms with Crippen molar-refractivity contribution >= 4 is 17.1 Å². The maximum absolute atomic E-state index is 5.89. The smallest absolute Gasteiger partial charge is 0.334 e. The minimum absolute atomic E-state index is 0.755. The third kappa shape index (κ3) is 13.4. The zero-order valence-corrected chi connectivity index (χ0v) is 20.3. The van der Waals surface area contributed by atoms with E-state index in [-0.39, 0.29) is 0 Å². The Morgan fingerprint density at radius 3 is 1.38 bits per heavy atom. The topological polar surface area (TPSA) is 49.0 Å². The van der Waals surface area contributed by atoms with Gasteiger partial charge in [0.1, 0.15) is 0 Å². The van der Waals surface area contributed by atoms with Gasteiger partial charge in [0.15, 0.2) is 0 Å². The Balaban J connectivity index is 3.64. The van der Waals surface area contributed by atoms with Crippen molar-refractivity contribution < 1.29 is 17.7 Å². The normalized spacial score (nSPS) is 12.7. The highest BCUT2D eigenvalue weighted by Crippen LogP contribution is 2.18. The molecule has 0 aliphatic heterocycles. The van der Waals surface area contributed by atoms with E-state index in [0.717, 1.165) is 58.0 Å². The molecule has 0 bridgehead atoms. The second-order valence-electron chi connectivity index (χ2n) is 7.02. The van der Waals surface area contributed by atoms with Gasteiger partial charge in [0, 0.05) is 26.4 Å². The summed E-state index contributed by atoms with van der Waals surface area (Å²) in [7, 11) is -3.83. The molecule has 0 rings (SSSR count). The van der Waals surface area contributed by atoms with Gasteiger partial charge >= 0.3 is 17.1 Å². The van der Waals surface area contributed by atoms with Crippen LogP contribution in [0.2, 0.25) is 25.2 Å². The molecule has 1 N–H and O–H groups in total. The SMILES string of the molecule is CCO[Si](C)(CCCCCCNCCC[Si](C)(OCC)OCC)OCC. The van der Waals surface area contributed by atoms with E-state index in [4.69, 9.17) is 17.7 Å². The largest absolute Gasteiger partial charge is 0.395 e. The van der Waals surface area contributed by atoms with Gasteiger partial charge in [0.25, 0.3) is 0 Å². The molecule has 0 radical (unpaired) electrons. The summed E-state index contributed by atoms with van der Waals surface area (Å²) in [6.07, 6.45) is 6.14. The van der Waals surface area contributed by atoms with Crippen molar-refractivity contribution in [3.8, 4) is 0 Å². The summed E-state index contributed by atoms with van der Waals surface area (Å²) in [5.74, 6) is 0. The molecule has 0 unspecified atom stereocenters. The Morgan fingerprint density at radius 1 is 0.538 bits per heavy atom. The molecule has 0 atom stereocenters. The first kappa shape index (κ1) is 26.2. The molecule has 5 nitrogen and oxygen atoms in total. The number of rotatable bonds is 19. The van der Waals surface area contributed by atoms with Crippen LogP contribution in [-0.2, 0) is 17.7 Å². The lowest BCUT2D eigenvalue weighted by Gasteiger charge is -2.26. The average Bonchev–Trinajstić information content (AvgIpc) is 2.57. The Labute approximate surface area is 165 Å². The lowest BCUT2D eigenvalue weighted by atomic mass is 10.2. The zero-order valence-electron chi connectivity index (χ0n) is 18.3. The molecule has 0 saturated carbocycles. The van der Waals surface area contributed by atoms with Gasteiger partial charge in [-0.25, -0.2) is 0 Å². The highest BCUT2D eigenvalue weighted by Gasteiger charge is 2.30. The lowest BCUT2D eigenvalue weighted by molar-refractivity contribution is 0.187. The molecule has 158 valence electrons. The van der Waals surface area contributed by atoms with E-state index in [2.05, 4.69) is 46.1 Å². The minimum atomic E-state index is -1.93. The van der Waals surface area contributed by atoms with Crippen molar-refractivity contribution in [2.75, 3.05) is 39.5 Å². The maximum Gasteiger partial charge on any atom is 0.334 e. The first-order valence-corrected chi connectivity index (χ1v) is 15.8. The van der Waals surface area contributed by atoms with E-state index in [1.165, 1.54) is 25.7 Å². The summed E-state index contributed by atoms with van der Waals surface area (Å²) in [5, 5.41) is 3.56. The van der Waals surface area contributed by atoms with Gasteiger partial charge < -0.3 is 23.0 Å². The Kier molecular flexibility index (Phi) is 16.4. The van der Waals surface area contributed by atoms with E-state index in [0.29, 0.717) is 0 Å². The molecule has 0 aliphatic carbocycles. The Bertz CT molecular complexity index is 280. The first-order valence-electron chi connectivity index (χ1n) is 10.7. The minimum Gasteiger partial charge on any atom is -0.395 e. The van der Waals surface area contributed by atoms with Crippen LogP contribution in [0.5, 0.6) is 0 Å². The van der Waals surface area contributed by atoms with Crippen LogP contribution in [0.1, 0.15) is 59.8 Å². The third-order valence-corrected chi connectivity index (χ3v) is 10.6. The molecule has 0 aliphatic rings. The number of hydrogen-bond acceptors (Lipinski definition) is 5. The van der Waals surface area contributed by atoms with E-state index < -0.39 is 17.1 Å². The van der Waals surface area contributed by atoms with Crippen LogP contribution in [0.25, 0.3) is 0 Å². The molecule has 0 aromatic heterocycles.